The summed E-state index contributed by atoms with van der Waals surface area (Å²) in [5.41, 5.74) is 9.03. The van der Waals surface area contributed by atoms with E-state index in [4.69, 9.17) is 5.73 Å². The number of rotatable bonds is 7. The van der Waals surface area contributed by atoms with Crippen molar-refractivity contribution in [2.75, 3.05) is 0 Å². The molecular weight excluding hydrogens is 460 g/mol. The fourth-order valence-electron chi connectivity index (χ4n) is 10.0. The number of nitrogens with two attached hydrogens (primary N) is 1. The van der Waals surface area contributed by atoms with Crippen molar-refractivity contribution in [3.63, 3.8) is 0 Å². The van der Waals surface area contributed by atoms with E-state index < -0.39 is 11.6 Å². The summed E-state index contributed by atoms with van der Waals surface area (Å²) in [5.74, 6) is 2.50. The first kappa shape index (κ1) is 26.9. The Morgan fingerprint density at radius 3 is 2.54 bits per heavy atom. The zero-order valence-electron chi connectivity index (χ0n) is 23.2. The smallest absolute Gasteiger partial charge is 0.220 e. The van der Waals surface area contributed by atoms with Crippen LogP contribution in [0.2, 0.25) is 0 Å². The quantitative estimate of drug-likeness (QED) is 0.416. The summed E-state index contributed by atoms with van der Waals surface area (Å²) in [7, 11) is 0. The van der Waals surface area contributed by atoms with E-state index >= 15 is 0 Å². The molecule has 0 aromatic heterocycles. The van der Waals surface area contributed by atoms with Crippen LogP contribution < -0.4 is 11.1 Å². The van der Waals surface area contributed by atoms with Gasteiger partial charge in [0, 0.05) is 24.1 Å². The zero-order chi connectivity index (χ0) is 26.4. The maximum atomic E-state index is 12.7. The first-order valence-electron chi connectivity index (χ1n) is 14.9. The lowest BCUT2D eigenvalue weighted by atomic mass is 9.41. The Hall–Kier alpha value is -1.72. The summed E-state index contributed by atoms with van der Waals surface area (Å²) in [6.45, 7) is 7.78. The second kappa shape index (κ2) is 10.1. The molecule has 0 heterocycles. The van der Waals surface area contributed by atoms with E-state index in [0.29, 0.717) is 48.1 Å². The molecule has 4 fully saturated rings. The van der Waals surface area contributed by atoms with Crippen molar-refractivity contribution in [2.45, 2.75) is 110 Å². The number of aliphatic hydroxyl groups excluding tert-OH is 1. The van der Waals surface area contributed by atoms with E-state index in [1.54, 1.807) is 12.1 Å². The fourth-order valence-corrected chi connectivity index (χ4v) is 10.0. The first-order valence-corrected chi connectivity index (χ1v) is 14.9. The predicted octanol–water partition coefficient (Wildman–Crippen LogP) is 5.63. The van der Waals surface area contributed by atoms with E-state index in [0.717, 1.165) is 44.0 Å². The Morgan fingerprint density at radius 2 is 1.81 bits per heavy atom. The minimum atomic E-state index is -0.471. The number of hydrogen-bond donors (Lipinski definition) is 3. The average Bonchev–Trinajstić information content (AvgIpc) is 3.25. The van der Waals surface area contributed by atoms with E-state index in [1.165, 1.54) is 32.1 Å². The summed E-state index contributed by atoms with van der Waals surface area (Å²) in [4.78, 5) is 23.5. The molecule has 204 valence electrons. The molecule has 5 heteroatoms. The highest BCUT2D eigenvalue weighted by molar-refractivity contribution is 5.76. The molecule has 0 aliphatic heterocycles. The minimum absolute atomic E-state index is 0.0870. The van der Waals surface area contributed by atoms with Crippen LogP contribution in [-0.4, -0.2) is 28.9 Å². The number of benzene rings is 1. The van der Waals surface area contributed by atoms with Crippen molar-refractivity contribution < 1.29 is 14.7 Å². The van der Waals surface area contributed by atoms with E-state index in [2.05, 4.69) is 26.1 Å². The molecule has 0 radical (unpaired) electrons. The first-order chi connectivity index (χ1) is 17.6. The number of amides is 1. The van der Waals surface area contributed by atoms with Crippen molar-refractivity contribution in [1.29, 1.82) is 0 Å². The van der Waals surface area contributed by atoms with Gasteiger partial charge in [-0.3, -0.25) is 9.59 Å². The van der Waals surface area contributed by atoms with Crippen molar-refractivity contribution >= 4 is 12.2 Å². The third kappa shape index (κ3) is 4.48. The van der Waals surface area contributed by atoms with Crippen molar-refractivity contribution in [2.24, 2.45) is 46.2 Å². The lowest BCUT2D eigenvalue weighted by Crippen LogP contribution is -2.73. The Balaban J connectivity index is 1.21. The van der Waals surface area contributed by atoms with Crippen molar-refractivity contribution in [3.8, 4) is 0 Å². The molecule has 0 saturated heterocycles. The molecule has 1 aromatic carbocycles. The topological polar surface area (TPSA) is 92.4 Å². The van der Waals surface area contributed by atoms with Gasteiger partial charge in [-0.2, -0.15) is 0 Å². The Morgan fingerprint density at radius 1 is 1.08 bits per heavy atom. The lowest BCUT2D eigenvalue weighted by Gasteiger charge is -2.66. The molecule has 1 aromatic rings. The highest BCUT2D eigenvalue weighted by atomic mass is 16.3. The number of fused-ring (bicyclic) bond motifs is 5. The number of aldehydes is 1. The van der Waals surface area contributed by atoms with Crippen LogP contribution in [-0.2, 0) is 11.3 Å². The second-order valence-electron chi connectivity index (χ2n) is 13.7. The molecule has 4 saturated carbocycles. The van der Waals surface area contributed by atoms with E-state index in [9.17, 15) is 14.7 Å². The fraction of sp³-hybridized carbons (Fsp3) is 0.750. The molecule has 9 atom stereocenters. The van der Waals surface area contributed by atoms with Crippen LogP contribution in [0.5, 0.6) is 0 Å². The number of nitrogens with one attached hydrogen (secondary N) is 1. The summed E-state index contributed by atoms with van der Waals surface area (Å²) < 4.78 is 0. The Labute approximate surface area is 223 Å². The van der Waals surface area contributed by atoms with Gasteiger partial charge < -0.3 is 16.2 Å². The largest absolute Gasteiger partial charge is 0.391 e. The van der Waals surface area contributed by atoms with Crippen molar-refractivity contribution in [3.05, 3.63) is 35.4 Å². The average molecular weight is 509 g/mol. The molecule has 5 nitrogen and oxygen atoms in total. The standard InChI is InChI=1S/C32H48N2O3/c1-21(7-14-29(37)34-19-22-8-10-23(20-35)11-9-22)25-12-13-26-31(25,3)17-15-27-30(2)16-5-4-6-24(30)18-28(36)32(26,27)33/h8-11,20-21,24-28,36H,4-7,12-19,33H2,1-3H3,(H,34,37)/t21-,24+,25?,26?,27?,28+,30+,31-,32-/m1/s1. The lowest BCUT2D eigenvalue weighted by molar-refractivity contribution is -0.179. The van der Waals surface area contributed by atoms with Gasteiger partial charge in [-0.05, 0) is 97.3 Å². The van der Waals surface area contributed by atoms with Gasteiger partial charge in [0.25, 0.3) is 0 Å². The van der Waals surface area contributed by atoms with Gasteiger partial charge in [-0.1, -0.05) is 57.9 Å². The van der Waals surface area contributed by atoms with Crippen LogP contribution in [0.25, 0.3) is 0 Å². The van der Waals surface area contributed by atoms with Gasteiger partial charge in [0.05, 0.1) is 6.10 Å². The molecule has 4 N–H and O–H groups in total. The van der Waals surface area contributed by atoms with Crippen LogP contribution in [0.1, 0.15) is 107 Å². The summed E-state index contributed by atoms with van der Waals surface area (Å²) in [6.07, 6.45) is 12.5. The van der Waals surface area contributed by atoms with Gasteiger partial charge in [0.2, 0.25) is 5.91 Å². The monoisotopic (exact) mass is 508 g/mol. The third-order valence-corrected chi connectivity index (χ3v) is 12.0. The maximum absolute atomic E-state index is 12.7. The molecule has 37 heavy (non-hydrogen) atoms. The molecule has 0 spiro atoms. The summed E-state index contributed by atoms with van der Waals surface area (Å²) in [5, 5.41) is 14.6. The minimum Gasteiger partial charge on any atom is -0.391 e. The van der Waals surface area contributed by atoms with Gasteiger partial charge >= 0.3 is 0 Å². The molecule has 3 unspecified atom stereocenters. The van der Waals surface area contributed by atoms with Crippen LogP contribution >= 0.6 is 0 Å². The molecular formula is C32H48N2O3. The number of hydrogen-bond acceptors (Lipinski definition) is 4. The summed E-state index contributed by atoms with van der Waals surface area (Å²) in [6, 6.07) is 7.34. The van der Waals surface area contributed by atoms with Gasteiger partial charge in [-0.15, -0.1) is 0 Å². The Kier molecular flexibility index (Phi) is 7.34. The number of aliphatic hydroxyl groups is 1. The SMILES string of the molecule is C[C@H](CCC(=O)NCc1ccc(C=O)cc1)C1CCC2[C@]1(C)CCC1[C@@]2(N)[C@@H](O)C[C@@H]2CCCC[C@]12C. The van der Waals surface area contributed by atoms with Gasteiger partial charge in [0.15, 0.2) is 0 Å². The highest BCUT2D eigenvalue weighted by Crippen LogP contribution is 2.69. The van der Waals surface area contributed by atoms with Crippen LogP contribution in [0.4, 0.5) is 0 Å². The predicted molar refractivity (Wildman–Crippen MR) is 147 cm³/mol. The highest BCUT2D eigenvalue weighted by Gasteiger charge is 2.68. The molecule has 5 rings (SSSR count). The molecule has 4 aliphatic carbocycles. The van der Waals surface area contributed by atoms with Crippen molar-refractivity contribution in [1.82, 2.24) is 5.32 Å². The van der Waals surface area contributed by atoms with E-state index in [1.807, 2.05) is 12.1 Å². The van der Waals surface area contributed by atoms with Gasteiger partial charge in [-0.25, -0.2) is 0 Å². The van der Waals surface area contributed by atoms with Gasteiger partial charge in [0.1, 0.15) is 6.29 Å². The normalized spacial score (nSPS) is 41.7. The molecule has 1 amide bonds. The summed E-state index contributed by atoms with van der Waals surface area (Å²) >= 11 is 0. The number of carbonyl (C=O) groups excluding carboxylic acids is 2. The number of carbonyl (C=O) groups is 2. The van der Waals surface area contributed by atoms with E-state index in [-0.39, 0.29) is 16.7 Å². The van der Waals surface area contributed by atoms with Crippen LogP contribution in [0, 0.1) is 40.4 Å². The second-order valence-corrected chi connectivity index (χ2v) is 13.7. The third-order valence-electron chi connectivity index (χ3n) is 12.0. The maximum Gasteiger partial charge on any atom is 0.220 e. The Bertz CT molecular complexity index is 994. The van der Waals surface area contributed by atoms with Crippen LogP contribution in [0.3, 0.4) is 0 Å². The molecule has 0 bridgehead atoms. The molecule has 4 aliphatic rings. The van der Waals surface area contributed by atoms with Crippen LogP contribution in [0.15, 0.2) is 24.3 Å². The zero-order valence-corrected chi connectivity index (χ0v) is 23.2.